The maximum Gasteiger partial charge on any atom is 0.337 e. The minimum absolute atomic E-state index is 0.187. The quantitative estimate of drug-likeness (QED) is 0.213. The van der Waals surface area contributed by atoms with Crippen LogP contribution in [0.15, 0.2) is 60.7 Å². The standard InChI is InChI=1S/C26H25Cl2N3O2/c1-17-5-2-8-20-23(17)30-25-21(9-4-10-22(25)26(32)33)24(20)29-19-7-3-6-18(15-19)16-31(13-11-27)14-12-28/h2-10,15H,11-14,16H2,1H3,(H,29,30)(H,32,33). The largest absolute Gasteiger partial charge is 0.478 e. The van der Waals surface area contributed by atoms with Gasteiger partial charge in [-0.2, -0.15) is 0 Å². The molecule has 4 aromatic rings. The van der Waals surface area contributed by atoms with Gasteiger partial charge >= 0.3 is 5.97 Å². The number of fused-ring (bicyclic) bond motifs is 2. The van der Waals surface area contributed by atoms with Gasteiger partial charge in [-0.05, 0) is 36.2 Å². The summed E-state index contributed by atoms with van der Waals surface area (Å²) >= 11 is 11.9. The number of aromatic carboxylic acids is 1. The number of carboxylic acid groups (broad SMARTS) is 1. The van der Waals surface area contributed by atoms with E-state index in [1.54, 1.807) is 12.1 Å². The molecule has 1 aromatic heterocycles. The van der Waals surface area contributed by atoms with Gasteiger partial charge in [-0.15, -0.1) is 23.2 Å². The molecule has 33 heavy (non-hydrogen) atoms. The molecule has 0 radical (unpaired) electrons. The maximum atomic E-state index is 11.9. The van der Waals surface area contributed by atoms with Gasteiger partial charge in [0.25, 0.3) is 0 Å². The zero-order valence-electron chi connectivity index (χ0n) is 18.3. The summed E-state index contributed by atoms with van der Waals surface area (Å²) in [5, 5.41) is 15.0. The first-order chi connectivity index (χ1) is 16.0. The lowest BCUT2D eigenvalue weighted by Crippen LogP contribution is -2.27. The molecule has 0 amide bonds. The summed E-state index contributed by atoms with van der Waals surface area (Å²) < 4.78 is 0. The summed E-state index contributed by atoms with van der Waals surface area (Å²) in [5.41, 5.74) is 5.34. The number of nitrogens with one attached hydrogen (secondary N) is 1. The van der Waals surface area contributed by atoms with Gasteiger partial charge in [0.15, 0.2) is 0 Å². The van der Waals surface area contributed by atoms with Crippen molar-refractivity contribution in [3.63, 3.8) is 0 Å². The highest BCUT2D eigenvalue weighted by Crippen LogP contribution is 2.35. The van der Waals surface area contributed by atoms with Crippen LogP contribution in [-0.2, 0) is 6.54 Å². The minimum atomic E-state index is -0.993. The van der Waals surface area contributed by atoms with Gasteiger partial charge in [0.05, 0.1) is 22.3 Å². The molecule has 3 aromatic carbocycles. The fourth-order valence-electron chi connectivity index (χ4n) is 4.10. The highest BCUT2D eigenvalue weighted by atomic mass is 35.5. The molecule has 0 aliphatic rings. The Morgan fingerprint density at radius 2 is 1.64 bits per heavy atom. The van der Waals surface area contributed by atoms with Crippen molar-refractivity contribution in [2.75, 3.05) is 30.2 Å². The number of halogens is 2. The second-order valence-corrected chi connectivity index (χ2v) is 8.70. The van der Waals surface area contributed by atoms with Crippen LogP contribution in [0.1, 0.15) is 21.5 Å². The van der Waals surface area contributed by atoms with E-state index < -0.39 is 5.97 Å². The number of aryl methyl sites for hydroxylation is 1. The number of alkyl halides is 2. The molecular formula is C26H25Cl2N3O2. The Labute approximate surface area is 202 Å². The number of benzene rings is 3. The smallest absolute Gasteiger partial charge is 0.337 e. The number of aromatic nitrogens is 1. The molecule has 0 saturated heterocycles. The third-order valence-electron chi connectivity index (χ3n) is 5.67. The number of carboxylic acids is 1. The summed E-state index contributed by atoms with van der Waals surface area (Å²) in [7, 11) is 0. The summed E-state index contributed by atoms with van der Waals surface area (Å²) in [5.74, 6) is 0.108. The van der Waals surface area contributed by atoms with E-state index in [1.807, 2.05) is 43.3 Å². The van der Waals surface area contributed by atoms with Crippen LogP contribution >= 0.6 is 23.2 Å². The second-order valence-electron chi connectivity index (χ2n) is 7.94. The number of hydrogen-bond donors (Lipinski definition) is 2. The first-order valence-electron chi connectivity index (χ1n) is 10.8. The molecule has 0 atom stereocenters. The molecule has 5 nitrogen and oxygen atoms in total. The SMILES string of the molecule is Cc1cccc2c(Nc3cccc(CN(CCCl)CCCl)c3)c3cccc(C(=O)O)c3nc12. The fraction of sp³-hybridized carbons (Fsp3) is 0.231. The number of nitrogens with zero attached hydrogens (tertiary/aromatic N) is 2. The van der Waals surface area contributed by atoms with Crippen molar-refractivity contribution in [1.82, 2.24) is 9.88 Å². The van der Waals surface area contributed by atoms with E-state index >= 15 is 0 Å². The van der Waals surface area contributed by atoms with Crippen LogP contribution in [0.4, 0.5) is 11.4 Å². The van der Waals surface area contributed by atoms with Crippen LogP contribution in [0.2, 0.25) is 0 Å². The van der Waals surface area contributed by atoms with E-state index in [2.05, 4.69) is 22.3 Å². The molecule has 0 spiro atoms. The van der Waals surface area contributed by atoms with Crippen LogP contribution in [0.25, 0.3) is 21.8 Å². The predicted molar refractivity (Wildman–Crippen MR) is 137 cm³/mol. The zero-order chi connectivity index (χ0) is 23.4. The summed E-state index contributed by atoms with van der Waals surface area (Å²) in [6, 6.07) is 19.4. The van der Waals surface area contributed by atoms with Gasteiger partial charge in [-0.3, -0.25) is 4.90 Å². The zero-order valence-corrected chi connectivity index (χ0v) is 19.8. The topological polar surface area (TPSA) is 65.5 Å². The van der Waals surface area contributed by atoms with Crippen LogP contribution < -0.4 is 5.32 Å². The lowest BCUT2D eigenvalue weighted by Gasteiger charge is -2.21. The number of para-hydroxylation sites is 2. The lowest BCUT2D eigenvalue weighted by molar-refractivity contribution is 0.0699. The van der Waals surface area contributed by atoms with E-state index in [0.717, 1.165) is 58.4 Å². The first kappa shape index (κ1) is 23.3. The fourth-order valence-corrected chi connectivity index (χ4v) is 4.58. The molecule has 0 fully saturated rings. The number of anilines is 2. The highest BCUT2D eigenvalue weighted by Gasteiger charge is 2.16. The Kier molecular flexibility index (Phi) is 7.33. The second kappa shape index (κ2) is 10.4. The highest BCUT2D eigenvalue weighted by molar-refractivity contribution is 6.18. The van der Waals surface area contributed by atoms with Crippen LogP contribution in [-0.4, -0.2) is 45.8 Å². The van der Waals surface area contributed by atoms with Gasteiger partial charge in [-0.1, -0.05) is 42.5 Å². The average molecular weight is 482 g/mol. The average Bonchev–Trinajstić information content (AvgIpc) is 2.80. The van der Waals surface area contributed by atoms with Crippen LogP contribution in [0.5, 0.6) is 0 Å². The number of pyridine rings is 1. The molecule has 0 unspecified atom stereocenters. The van der Waals surface area contributed by atoms with E-state index in [-0.39, 0.29) is 5.56 Å². The molecule has 7 heteroatoms. The van der Waals surface area contributed by atoms with Crippen molar-refractivity contribution < 1.29 is 9.90 Å². The minimum Gasteiger partial charge on any atom is -0.478 e. The summed E-state index contributed by atoms with van der Waals surface area (Å²) in [4.78, 5) is 18.8. The van der Waals surface area contributed by atoms with E-state index in [0.29, 0.717) is 17.3 Å². The predicted octanol–water partition coefficient (Wildman–Crippen LogP) is 6.42. The normalized spacial score (nSPS) is 11.4. The maximum absolute atomic E-state index is 11.9. The summed E-state index contributed by atoms with van der Waals surface area (Å²) in [6.45, 7) is 4.26. The molecule has 0 aliphatic heterocycles. The Morgan fingerprint density at radius 3 is 2.33 bits per heavy atom. The molecule has 0 bridgehead atoms. The first-order valence-corrected chi connectivity index (χ1v) is 11.8. The van der Waals surface area contributed by atoms with Crippen LogP contribution in [0.3, 0.4) is 0 Å². The van der Waals surface area contributed by atoms with Gasteiger partial charge in [0.1, 0.15) is 0 Å². The van der Waals surface area contributed by atoms with Gasteiger partial charge < -0.3 is 10.4 Å². The third kappa shape index (κ3) is 5.06. The lowest BCUT2D eigenvalue weighted by atomic mass is 10.0. The Morgan fingerprint density at radius 1 is 0.970 bits per heavy atom. The van der Waals surface area contributed by atoms with Gasteiger partial charge in [0, 0.05) is 47.9 Å². The molecule has 0 aliphatic carbocycles. The van der Waals surface area contributed by atoms with E-state index in [1.165, 1.54) is 0 Å². The van der Waals surface area contributed by atoms with Crippen molar-refractivity contribution in [3.8, 4) is 0 Å². The number of rotatable bonds is 9. The van der Waals surface area contributed by atoms with Gasteiger partial charge in [-0.25, -0.2) is 9.78 Å². The van der Waals surface area contributed by atoms with Crippen molar-refractivity contribution in [2.24, 2.45) is 0 Å². The van der Waals surface area contributed by atoms with E-state index in [9.17, 15) is 9.90 Å². The molecule has 170 valence electrons. The van der Waals surface area contributed by atoms with Gasteiger partial charge in [0.2, 0.25) is 0 Å². The summed E-state index contributed by atoms with van der Waals surface area (Å²) in [6.07, 6.45) is 0. The van der Waals surface area contributed by atoms with Crippen molar-refractivity contribution in [2.45, 2.75) is 13.5 Å². The van der Waals surface area contributed by atoms with Crippen molar-refractivity contribution in [1.29, 1.82) is 0 Å². The Balaban J connectivity index is 1.81. The molecular weight excluding hydrogens is 457 g/mol. The Bertz CT molecular complexity index is 1300. The Hall–Kier alpha value is -2.86. The monoisotopic (exact) mass is 481 g/mol. The third-order valence-corrected chi connectivity index (χ3v) is 6.01. The van der Waals surface area contributed by atoms with Crippen molar-refractivity contribution in [3.05, 3.63) is 77.4 Å². The van der Waals surface area contributed by atoms with Crippen molar-refractivity contribution >= 4 is 62.4 Å². The number of hydrogen-bond acceptors (Lipinski definition) is 4. The number of carbonyl (C=O) groups is 1. The molecule has 1 heterocycles. The van der Waals surface area contributed by atoms with Crippen LogP contribution in [0, 0.1) is 6.92 Å². The van der Waals surface area contributed by atoms with E-state index in [4.69, 9.17) is 28.2 Å². The molecule has 0 saturated carbocycles. The molecule has 4 rings (SSSR count). The molecule has 2 N–H and O–H groups in total.